The van der Waals surface area contributed by atoms with Crippen LogP contribution in [0.4, 0.5) is 0 Å². The third-order valence-electron chi connectivity index (χ3n) is 10.8. The molecule has 0 bridgehead atoms. The van der Waals surface area contributed by atoms with E-state index in [0.29, 0.717) is 76.8 Å². The number of morpholine rings is 1. The van der Waals surface area contributed by atoms with Gasteiger partial charge in [0.05, 0.1) is 25.4 Å². The summed E-state index contributed by atoms with van der Waals surface area (Å²) in [4.78, 5) is 78.6. The van der Waals surface area contributed by atoms with E-state index in [1.807, 2.05) is 82.3 Å². The molecule has 2 heterocycles. The molecule has 6 unspecified atom stereocenters. The normalized spacial score (nSPS) is 19.5. The number of allylic oxidation sites excluding steroid dienone is 5. The van der Waals surface area contributed by atoms with Crippen molar-refractivity contribution in [3.05, 3.63) is 84.0 Å². The number of hydrogen-bond acceptors (Lipinski definition) is 11. The molecule has 0 aromatic heterocycles. The van der Waals surface area contributed by atoms with Crippen LogP contribution in [0.2, 0.25) is 0 Å². The van der Waals surface area contributed by atoms with E-state index in [0.717, 1.165) is 5.56 Å². The highest BCUT2D eigenvalue weighted by molar-refractivity contribution is 5.90. The molecular formula is C46H67N5O9. The fourth-order valence-corrected chi connectivity index (χ4v) is 7.11. The fraction of sp³-hybridized carbons (Fsp3) is 0.565. The Morgan fingerprint density at radius 3 is 2.30 bits per heavy atom. The van der Waals surface area contributed by atoms with Crippen molar-refractivity contribution >= 4 is 35.8 Å². The Kier molecular flexibility index (Phi) is 21.9. The van der Waals surface area contributed by atoms with Crippen molar-refractivity contribution in [3.63, 3.8) is 0 Å². The summed E-state index contributed by atoms with van der Waals surface area (Å²) >= 11 is 0. The lowest BCUT2D eigenvalue weighted by Crippen LogP contribution is -2.61. The number of aliphatic hydroxyl groups is 1. The van der Waals surface area contributed by atoms with Crippen LogP contribution < -0.4 is 16.1 Å². The summed E-state index contributed by atoms with van der Waals surface area (Å²) in [6.07, 6.45) is 14.0. The number of likely N-dealkylation sites (N-methyl/N-ethyl adjacent to an activating group) is 1. The van der Waals surface area contributed by atoms with Gasteiger partial charge in [-0.2, -0.15) is 0 Å². The van der Waals surface area contributed by atoms with Crippen molar-refractivity contribution in [2.24, 2.45) is 17.8 Å². The van der Waals surface area contributed by atoms with E-state index in [1.165, 1.54) is 18.0 Å². The predicted octanol–water partition coefficient (Wildman–Crippen LogP) is 3.80. The first-order valence-electron chi connectivity index (χ1n) is 21.2. The lowest BCUT2D eigenvalue weighted by Gasteiger charge is -2.36. The van der Waals surface area contributed by atoms with Crippen LogP contribution in [0.1, 0.15) is 78.7 Å². The van der Waals surface area contributed by atoms with Gasteiger partial charge in [-0.15, -0.1) is 0 Å². The van der Waals surface area contributed by atoms with Crippen LogP contribution in [-0.2, 0) is 44.7 Å². The van der Waals surface area contributed by atoms with E-state index in [9.17, 15) is 33.9 Å². The number of aldehydes is 1. The topological polar surface area (TPSA) is 184 Å². The van der Waals surface area contributed by atoms with Crippen molar-refractivity contribution < 1.29 is 43.3 Å². The van der Waals surface area contributed by atoms with Crippen molar-refractivity contribution in [2.75, 3.05) is 39.9 Å². The van der Waals surface area contributed by atoms with Gasteiger partial charge in [0.2, 0.25) is 11.8 Å². The number of amides is 3. The van der Waals surface area contributed by atoms with Crippen molar-refractivity contribution in [1.29, 1.82) is 0 Å². The Bertz CT molecular complexity index is 1670. The van der Waals surface area contributed by atoms with Crippen molar-refractivity contribution in [3.8, 4) is 0 Å². The SMILES string of the molecule is CNC(C(=O)NC(Cc1ccccc1)C(=O)N1CCCC(C(=O)O[C@@H](C/C=C/C=C/CC(C)C(O)C(C=O)CCC(C)=O)/C(C)=C/C=C/C(=O)N2CCOCC2)N1)C(C)C. The van der Waals surface area contributed by atoms with Gasteiger partial charge < -0.3 is 39.7 Å². The van der Waals surface area contributed by atoms with Crippen LogP contribution in [0.25, 0.3) is 0 Å². The maximum Gasteiger partial charge on any atom is 0.325 e. The quantitative estimate of drug-likeness (QED) is 0.0545. The second-order valence-electron chi connectivity index (χ2n) is 16.0. The largest absolute Gasteiger partial charge is 0.456 e. The maximum absolute atomic E-state index is 14.1. The molecule has 4 N–H and O–H groups in total. The molecule has 0 saturated carbocycles. The molecule has 0 radical (unpaired) electrons. The second kappa shape index (κ2) is 26.5. The van der Waals surface area contributed by atoms with Crippen LogP contribution in [-0.4, -0.2) is 121 Å². The van der Waals surface area contributed by atoms with Gasteiger partial charge in [0.15, 0.2) is 0 Å². The van der Waals surface area contributed by atoms with Gasteiger partial charge >= 0.3 is 5.97 Å². The van der Waals surface area contributed by atoms with E-state index >= 15 is 0 Å². The van der Waals surface area contributed by atoms with Gasteiger partial charge in [0.1, 0.15) is 30.3 Å². The molecule has 2 saturated heterocycles. The van der Waals surface area contributed by atoms with E-state index in [4.69, 9.17) is 9.47 Å². The zero-order valence-corrected chi connectivity index (χ0v) is 36.2. The summed E-state index contributed by atoms with van der Waals surface area (Å²) in [5.74, 6) is -2.20. The number of hydrogen-bond donors (Lipinski definition) is 4. The Morgan fingerprint density at radius 2 is 1.67 bits per heavy atom. The monoisotopic (exact) mass is 833 g/mol. The first-order chi connectivity index (χ1) is 28.7. The smallest absolute Gasteiger partial charge is 0.325 e. The van der Waals surface area contributed by atoms with E-state index in [-0.39, 0.29) is 48.2 Å². The standard InChI is InChI=1S/C46H67N5O9/c1-32(2)42(47-6)44(56)48-39(30-36-18-11-9-12-19-36)45(57)51-25-15-20-38(49-51)46(58)60-40(33(3)17-14-22-41(54)50-26-28-59-29-27-50)21-13-8-7-10-16-34(4)43(55)37(31-52)24-23-35(5)53/h7-14,17-19,22,31-32,34,37-40,42-43,47,49,55H,15-16,20-21,23-30H2,1-6H3,(H,48,56)/b10-7+,13-8+,22-14+,33-17+/t34?,37?,38?,39?,40-,42?,43?/m0/s1. The van der Waals surface area contributed by atoms with E-state index < -0.39 is 42.2 Å². The highest BCUT2D eigenvalue weighted by Crippen LogP contribution is 2.21. The fourth-order valence-electron chi connectivity index (χ4n) is 7.11. The van der Waals surface area contributed by atoms with Crippen LogP contribution in [0.5, 0.6) is 0 Å². The molecule has 14 nitrogen and oxygen atoms in total. The number of rotatable bonds is 23. The van der Waals surface area contributed by atoms with Crippen LogP contribution in [0.3, 0.4) is 0 Å². The summed E-state index contributed by atoms with van der Waals surface area (Å²) in [6.45, 7) is 11.3. The average Bonchev–Trinajstić information content (AvgIpc) is 3.24. The summed E-state index contributed by atoms with van der Waals surface area (Å²) in [5, 5.41) is 18.1. The van der Waals surface area contributed by atoms with Gasteiger partial charge in [-0.3, -0.25) is 24.2 Å². The zero-order chi connectivity index (χ0) is 44.0. The van der Waals surface area contributed by atoms with Gasteiger partial charge in [0, 0.05) is 50.9 Å². The number of nitrogens with zero attached hydrogens (tertiary/aromatic N) is 2. The Labute approximate surface area is 355 Å². The number of ether oxygens (including phenoxy) is 2. The van der Waals surface area contributed by atoms with E-state index in [1.54, 1.807) is 24.1 Å². The number of benzene rings is 1. The molecule has 3 amide bonds. The molecule has 1 aromatic rings. The second-order valence-corrected chi connectivity index (χ2v) is 16.0. The molecule has 7 atom stereocenters. The molecule has 3 rings (SSSR count). The summed E-state index contributed by atoms with van der Waals surface area (Å²) in [6, 6.07) is 7.23. The lowest BCUT2D eigenvalue weighted by atomic mass is 9.87. The Balaban J connectivity index is 1.73. The number of carbonyl (C=O) groups excluding carboxylic acids is 6. The van der Waals surface area contributed by atoms with Gasteiger partial charge in [-0.1, -0.05) is 87.6 Å². The van der Waals surface area contributed by atoms with E-state index in [2.05, 4.69) is 16.1 Å². The zero-order valence-electron chi connectivity index (χ0n) is 36.2. The van der Waals surface area contributed by atoms with Gasteiger partial charge in [-0.25, -0.2) is 5.43 Å². The van der Waals surface area contributed by atoms with Crippen LogP contribution in [0, 0.1) is 17.8 Å². The molecular weight excluding hydrogens is 767 g/mol. The molecule has 330 valence electrons. The lowest BCUT2D eigenvalue weighted by molar-refractivity contribution is -0.156. The number of nitrogens with one attached hydrogen (secondary N) is 3. The van der Waals surface area contributed by atoms with Gasteiger partial charge in [-0.05, 0) is 69.6 Å². The maximum atomic E-state index is 14.1. The third-order valence-corrected chi connectivity index (χ3v) is 10.8. The first kappa shape index (κ1) is 49.6. The highest BCUT2D eigenvalue weighted by atomic mass is 16.5. The number of ketones is 1. The minimum Gasteiger partial charge on any atom is -0.456 e. The van der Waals surface area contributed by atoms with Crippen LogP contribution >= 0.6 is 0 Å². The molecule has 2 aliphatic rings. The third kappa shape index (κ3) is 16.7. The minimum atomic E-state index is -0.885. The molecule has 2 fully saturated rings. The molecule has 0 aliphatic carbocycles. The number of esters is 1. The minimum absolute atomic E-state index is 0.0121. The molecule has 2 aliphatic heterocycles. The van der Waals surface area contributed by atoms with Gasteiger partial charge in [0.25, 0.3) is 5.91 Å². The molecule has 14 heteroatoms. The molecule has 0 spiro atoms. The van der Waals surface area contributed by atoms with Crippen LogP contribution in [0.15, 0.2) is 78.4 Å². The predicted molar refractivity (Wildman–Crippen MR) is 230 cm³/mol. The number of hydrazine groups is 1. The van der Waals surface area contributed by atoms with Crippen molar-refractivity contribution in [1.82, 2.24) is 26.0 Å². The summed E-state index contributed by atoms with van der Waals surface area (Å²) in [5.41, 5.74) is 4.66. The highest BCUT2D eigenvalue weighted by Gasteiger charge is 2.35. The molecule has 60 heavy (non-hydrogen) atoms. The summed E-state index contributed by atoms with van der Waals surface area (Å²) < 4.78 is 11.5. The Hall–Kier alpha value is -4.76. The van der Waals surface area contributed by atoms with Crippen molar-refractivity contribution in [2.45, 2.75) is 110 Å². The first-order valence-corrected chi connectivity index (χ1v) is 21.2. The molecule has 1 aromatic carbocycles. The number of carbonyl (C=O) groups is 6. The average molecular weight is 834 g/mol. The Morgan fingerprint density at radius 1 is 0.983 bits per heavy atom. The number of Topliss-reactive ketones (excluding diaryl/α,β-unsaturated/α-hetero) is 1. The number of aliphatic hydroxyl groups excluding tert-OH is 1. The summed E-state index contributed by atoms with van der Waals surface area (Å²) in [7, 11) is 1.71.